The third kappa shape index (κ3) is 3.06. The predicted octanol–water partition coefficient (Wildman–Crippen LogP) is 2.81. The number of nitrogens with one attached hydrogen (secondary N) is 1. The number of nitrogens with zero attached hydrogens (tertiary/aromatic N) is 1. The summed E-state index contributed by atoms with van der Waals surface area (Å²) in [7, 11) is 2.04. The number of hydrogen-bond donors (Lipinski definition) is 1. The fourth-order valence-electron chi connectivity index (χ4n) is 2.28. The van der Waals surface area contributed by atoms with Crippen LogP contribution >= 0.6 is 15.9 Å². The zero-order valence-electron chi connectivity index (χ0n) is 9.75. The molecule has 1 N–H and O–H groups in total. The molecule has 0 spiro atoms. The minimum absolute atomic E-state index is 0.450. The topological polar surface area (TPSA) is 15.3 Å². The van der Waals surface area contributed by atoms with Gasteiger partial charge in [-0.25, -0.2) is 0 Å². The lowest BCUT2D eigenvalue weighted by atomic mass is 10.1. The Morgan fingerprint density at radius 3 is 2.44 bits per heavy atom. The summed E-state index contributed by atoms with van der Waals surface area (Å²) >= 11 is 3.47. The first kappa shape index (κ1) is 12.1. The Morgan fingerprint density at radius 2 is 1.88 bits per heavy atom. The van der Waals surface area contributed by atoms with E-state index in [9.17, 15) is 0 Å². The monoisotopic (exact) mass is 282 g/mol. The molecule has 0 amide bonds. The Morgan fingerprint density at radius 1 is 1.25 bits per heavy atom. The van der Waals surface area contributed by atoms with Crippen LogP contribution in [0.1, 0.15) is 24.4 Å². The molecule has 1 unspecified atom stereocenters. The molecule has 0 bridgehead atoms. The second-order valence-corrected chi connectivity index (χ2v) is 5.32. The summed E-state index contributed by atoms with van der Waals surface area (Å²) in [4.78, 5) is 2.54. The molecule has 0 radical (unpaired) electrons. The first-order chi connectivity index (χ1) is 7.79. The lowest BCUT2D eigenvalue weighted by molar-refractivity contribution is 0.299. The van der Waals surface area contributed by atoms with Crippen LogP contribution in [0.25, 0.3) is 0 Å². The molecule has 16 heavy (non-hydrogen) atoms. The van der Waals surface area contributed by atoms with Crippen LogP contribution in [0.4, 0.5) is 0 Å². The average Bonchev–Trinajstić information content (AvgIpc) is 2.80. The van der Waals surface area contributed by atoms with Crippen molar-refractivity contribution in [3.63, 3.8) is 0 Å². The summed E-state index contributed by atoms with van der Waals surface area (Å²) in [5.74, 6) is 0. The van der Waals surface area contributed by atoms with Gasteiger partial charge in [-0.2, -0.15) is 0 Å². The van der Waals surface area contributed by atoms with Gasteiger partial charge in [0.2, 0.25) is 0 Å². The molecule has 0 aromatic heterocycles. The highest BCUT2D eigenvalue weighted by Crippen LogP contribution is 2.19. The molecule has 1 saturated heterocycles. The lowest BCUT2D eigenvalue weighted by Crippen LogP contribution is -2.31. The molecular formula is C13H19BrN2. The number of hydrogen-bond acceptors (Lipinski definition) is 2. The molecule has 3 heteroatoms. The number of likely N-dealkylation sites (N-methyl/N-ethyl adjacent to an activating group) is 1. The Balaban J connectivity index is 2.00. The molecule has 1 aliphatic rings. The number of benzene rings is 1. The number of likely N-dealkylation sites (tertiary alicyclic amines) is 1. The van der Waals surface area contributed by atoms with E-state index in [1.165, 1.54) is 31.5 Å². The smallest absolute Gasteiger partial charge is 0.0446 e. The van der Waals surface area contributed by atoms with Gasteiger partial charge in [-0.05, 0) is 50.7 Å². The van der Waals surface area contributed by atoms with Crippen molar-refractivity contribution in [3.05, 3.63) is 34.3 Å². The molecular weight excluding hydrogens is 264 g/mol. The normalized spacial score (nSPS) is 18.9. The van der Waals surface area contributed by atoms with E-state index < -0.39 is 0 Å². The largest absolute Gasteiger partial charge is 0.312 e. The molecule has 1 aliphatic heterocycles. The molecule has 2 rings (SSSR count). The maximum atomic E-state index is 3.47. The SMILES string of the molecule is CNC(CN1CCCC1)c1ccc(Br)cc1. The Bertz CT molecular complexity index is 317. The van der Waals surface area contributed by atoms with Crippen LogP contribution in [0.15, 0.2) is 28.7 Å². The van der Waals surface area contributed by atoms with E-state index >= 15 is 0 Å². The summed E-state index contributed by atoms with van der Waals surface area (Å²) in [6, 6.07) is 9.07. The van der Waals surface area contributed by atoms with Gasteiger partial charge in [-0.3, -0.25) is 0 Å². The molecule has 0 aliphatic carbocycles. The van der Waals surface area contributed by atoms with Gasteiger partial charge >= 0.3 is 0 Å². The Hall–Kier alpha value is -0.380. The first-order valence-corrected chi connectivity index (χ1v) is 6.74. The van der Waals surface area contributed by atoms with Gasteiger partial charge in [0.1, 0.15) is 0 Å². The summed E-state index contributed by atoms with van der Waals surface area (Å²) < 4.78 is 1.15. The molecule has 1 atom stereocenters. The van der Waals surface area contributed by atoms with Crippen molar-refractivity contribution >= 4 is 15.9 Å². The van der Waals surface area contributed by atoms with Crippen molar-refractivity contribution in [1.29, 1.82) is 0 Å². The maximum Gasteiger partial charge on any atom is 0.0446 e. The number of halogens is 1. The molecule has 1 fully saturated rings. The van der Waals surface area contributed by atoms with Gasteiger partial charge in [-0.1, -0.05) is 28.1 Å². The molecule has 88 valence electrons. The van der Waals surface area contributed by atoms with Gasteiger partial charge in [0.15, 0.2) is 0 Å². The van der Waals surface area contributed by atoms with Crippen LogP contribution in [-0.2, 0) is 0 Å². The third-order valence-corrected chi connectivity index (χ3v) is 3.79. The summed E-state index contributed by atoms with van der Waals surface area (Å²) in [6.07, 6.45) is 2.72. The molecule has 1 aromatic rings. The second kappa shape index (κ2) is 5.80. The zero-order chi connectivity index (χ0) is 11.4. The highest BCUT2D eigenvalue weighted by Gasteiger charge is 2.17. The van der Waals surface area contributed by atoms with Crippen molar-refractivity contribution < 1.29 is 0 Å². The van der Waals surface area contributed by atoms with E-state index in [2.05, 4.69) is 50.4 Å². The first-order valence-electron chi connectivity index (χ1n) is 5.94. The van der Waals surface area contributed by atoms with E-state index in [0.717, 1.165) is 11.0 Å². The minimum atomic E-state index is 0.450. The van der Waals surface area contributed by atoms with Gasteiger partial charge in [-0.15, -0.1) is 0 Å². The lowest BCUT2D eigenvalue weighted by Gasteiger charge is -2.23. The Kier molecular flexibility index (Phi) is 4.38. The van der Waals surface area contributed by atoms with E-state index in [1.54, 1.807) is 0 Å². The van der Waals surface area contributed by atoms with Crippen LogP contribution in [0.2, 0.25) is 0 Å². The van der Waals surface area contributed by atoms with Gasteiger partial charge < -0.3 is 10.2 Å². The highest BCUT2D eigenvalue weighted by atomic mass is 79.9. The van der Waals surface area contributed by atoms with E-state index in [4.69, 9.17) is 0 Å². The summed E-state index contributed by atoms with van der Waals surface area (Å²) in [5, 5.41) is 3.41. The van der Waals surface area contributed by atoms with Crippen molar-refractivity contribution in [2.75, 3.05) is 26.7 Å². The summed E-state index contributed by atoms with van der Waals surface area (Å²) in [6.45, 7) is 3.64. The van der Waals surface area contributed by atoms with E-state index in [0.29, 0.717) is 6.04 Å². The second-order valence-electron chi connectivity index (χ2n) is 4.40. The quantitative estimate of drug-likeness (QED) is 0.914. The predicted molar refractivity (Wildman–Crippen MR) is 71.6 cm³/mol. The summed E-state index contributed by atoms with van der Waals surface area (Å²) in [5.41, 5.74) is 1.37. The molecule has 1 heterocycles. The maximum absolute atomic E-state index is 3.47. The van der Waals surface area contributed by atoms with Crippen LogP contribution in [0.5, 0.6) is 0 Å². The van der Waals surface area contributed by atoms with Crippen molar-refractivity contribution in [2.45, 2.75) is 18.9 Å². The minimum Gasteiger partial charge on any atom is -0.312 e. The van der Waals surface area contributed by atoms with Crippen molar-refractivity contribution in [3.8, 4) is 0 Å². The third-order valence-electron chi connectivity index (χ3n) is 3.26. The average molecular weight is 283 g/mol. The van der Waals surface area contributed by atoms with Crippen LogP contribution in [-0.4, -0.2) is 31.6 Å². The molecule has 0 saturated carbocycles. The fraction of sp³-hybridized carbons (Fsp3) is 0.538. The van der Waals surface area contributed by atoms with Crippen molar-refractivity contribution in [1.82, 2.24) is 10.2 Å². The Labute approximate surface area is 106 Å². The van der Waals surface area contributed by atoms with Crippen LogP contribution < -0.4 is 5.32 Å². The molecule has 1 aromatic carbocycles. The van der Waals surface area contributed by atoms with Gasteiger partial charge in [0, 0.05) is 17.1 Å². The zero-order valence-corrected chi connectivity index (χ0v) is 11.3. The van der Waals surface area contributed by atoms with Gasteiger partial charge in [0.25, 0.3) is 0 Å². The van der Waals surface area contributed by atoms with Crippen LogP contribution in [0, 0.1) is 0 Å². The van der Waals surface area contributed by atoms with Gasteiger partial charge in [0.05, 0.1) is 0 Å². The van der Waals surface area contributed by atoms with Crippen LogP contribution in [0.3, 0.4) is 0 Å². The van der Waals surface area contributed by atoms with Crippen molar-refractivity contribution in [2.24, 2.45) is 0 Å². The molecule has 2 nitrogen and oxygen atoms in total. The van der Waals surface area contributed by atoms with E-state index in [1.807, 2.05) is 7.05 Å². The fourth-order valence-corrected chi connectivity index (χ4v) is 2.55. The number of rotatable bonds is 4. The highest BCUT2D eigenvalue weighted by molar-refractivity contribution is 9.10. The standard InChI is InChI=1S/C13H19BrN2/c1-15-13(10-16-8-2-3-9-16)11-4-6-12(14)7-5-11/h4-7,13,15H,2-3,8-10H2,1H3. The van der Waals surface area contributed by atoms with E-state index in [-0.39, 0.29) is 0 Å².